The van der Waals surface area contributed by atoms with Crippen LogP contribution in [0.1, 0.15) is 51.6 Å². The number of aliphatic carboxylic acids is 1. The molecule has 1 aromatic carbocycles. The Morgan fingerprint density at radius 2 is 1.76 bits per heavy atom. The maximum Gasteiger partial charge on any atom is 0.310 e. The van der Waals surface area contributed by atoms with Gasteiger partial charge >= 0.3 is 5.97 Å². The van der Waals surface area contributed by atoms with Gasteiger partial charge in [0, 0.05) is 11.4 Å². The molecule has 1 aromatic rings. The molecule has 116 valence electrons. The highest BCUT2D eigenvalue weighted by Gasteiger charge is 2.37. The first kappa shape index (κ1) is 17.5. The molecule has 0 saturated carbocycles. The molecule has 21 heavy (non-hydrogen) atoms. The first-order chi connectivity index (χ1) is 9.84. The molecule has 0 fully saturated rings. The van der Waals surface area contributed by atoms with Crippen LogP contribution in [0.15, 0.2) is 24.3 Å². The summed E-state index contributed by atoms with van der Waals surface area (Å²) in [7, 11) is 0. The number of benzene rings is 1. The summed E-state index contributed by atoms with van der Waals surface area (Å²) < 4.78 is 0. The second kappa shape index (κ2) is 7.46. The summed E-state index contributed by atoms with van der Waals surface area (Å²) in [6, 6.07) is 7.03. The van der Waals surface area contributed by atoms with Crippen LogP contribution in [-0.2, 0) is 9.59 Å². The second-order valence-corrected chi connectivity index (χ2v) is 5.75. The number of halogens is 1. The molecular formula is C16H22ClNO3. The van der Waals surface area contributed by atoms with Gasteiger partial charge in [-0.05, 0) is 37.5 Å². The van der Waals surface area contributed by atoms with Gasteiger partial charge in [-0.25, -0.2) is 0 Å². The standard InChI is InChI=1S/C16H22ClNO3/c1-4-16(5-2,15(20)21)10-14(19)18-11(3)12-6-8-13(17)9-7-12/h6-9,11H,4-5,10H2,1-3H3,(H,18,19)(H,20,21)/t11-/m0/s1. The van der Waals surface area contributed by atoms with E-state index < -0.39 is 11.4 Å². The fraction of sp³-hybridized carbons (Fsp3) is 0.500. The number of rotatable bonds is 7. The zero-order valence-corrected chi connectivity index (χ0v) is 13.4. The third-order valence-electron chi connectivity index (χ3n) is 4.05. The van der Waals surface area contributed by atoms with E-state index >= 15 is 0 Å². The molecule has 4 nitrogen and oxygen atoms in total. The van der Waals surface area contributed by atoms with Crippen LogP contribution < -0.4 is 5.32 Å². The first-order valence-electron chi connectivity index (χ1n) is 7.13. The van der Waals surface area contributed by atoms with Crippen LogP contribution in [0.5, 0.6) is 0 Å². The van der Waals surface area contributed by atoms with Gasteiger partial charge in [0.15, 0.2) is 0 Å². The van der Waals surface area contributed by atoms with E-state index in [9.17, 15) is 14.7 Å². The predicted octanol–water partition coefficient (Wildman–Crippen LogP) is 3.80. The van der Waals surface area contributed by atoms with Crippen molar-refractivity contribution in [2.45, 2.75) is 46.1 Å². The zero-order valence-electron chi connectivity index (χ0n) is 12.6. The van der Waals surface area contributed by atoms with Gasteiger partial charge in [-0.2, -0.15) is 0 Å². The van der Waals surface area contributed by atoms with Crippen molar-refractivity contribution in [2.75, 3.05) is 0 Å². The lowest BCUT2D eigenvalue weighted by Crippen LogP contribution is -2.37. The Kier molecular flexibility index (Phi) is 6.21. The lowest BCUT2D eigenvalue weighted by atomic mass is 9.79. The molecule has 1 amide bonds. The Hall–Kier alpha value is -1.55. The highest BCUT2D eigenvalue weighted by molar-refractivity contribution is 6.30. The van der Waals surface area contributed by atoms with Gasteiger partial charge in [0.25, 0.3) is 0 Å². The summed E-state index contributed by atoms with van der Waals surface area (Å²) in [4.78, 5) is 23.5. The molecule has 1 atom stereocenters. The number of hydrogen-bond acceptors (Lipinski definition) is 2. The molecule has 1 rings (SSSR count). The fourth-order valence-corrected chi connectivity index (χ4v) is 2.44. The number of hydrogen-bond donors (Lipinski definition) is 2. The third kappa shape index (κ3) is 4.46. The summed E-state index contributed by atoms with van der Waals surface area (Å²) in [5.41, 5.74) is -0.0502. The van der Waals surface area contributed by atoms with Crippen molar-refractivity contribution in [1.82, 2.24) is 5.32 Å². The second-order valence-electron chi connectivity index (χ2n) is 5.31. The van der Waals surface area contributed by atoms with Crippen molar-refractivity contribution in [1.29, 1.82) is 0 Å². The molecular weight excluding hydrogens is 290 g/mol. The Balaban J connectivity index is 2.72. The largest absolute Gasteiger partial charge is 0.481 e. The van der Waals surface area contributed by atoms with Gasteiger partial charge in [-0.3, -0.25) is 9.59 Å². The highest BCUT2D eigenvalue weighted by atomic mass is 35.5. The number of carbonyl (C=O) groups is 2. The zero-order chi connectivity index (χ0) is 16.0. The van der Waals surface area contributed by atoms with Crippen LogP contribution in [-0.4, -0.2) is 17.0 Å². The first-order valence-corrected chi connectivity index (χ1v) is 7.50. The maximum absolute atomic E-state index is 12.1. The maximum atomic E-state index is 12.1. The molecule has 2 N–H and O–H groups in total. The smallest absolute Gasteiger partial charge is 0.310 e. The Bertz CT molecular complexity index is 495. The number of carboxylic acid groups (broad SMARTS) is 1. The summed E-state index contributed by atoms with van der Waals surface area (Å²) in [5, 5.41) is 12.8. The van der Waals surface area contributed by atoms with Crippen LogP contribution in [0.25, 0.3) is 0 Å². The van der Waals surface area contributed by atoms with E-state index in [2.05, 4.69) is 5.32 Å². The molecule has 0 bridgehead atoms. The van der Waals surface area contributed by atoms with Crippen LogP contribution in [0.4, 0.5) is 0 Å². The number of nitrogens with one attached hydrogen (secondary N) is 1. The average molecular weight is 312 g/mol. The molecule has 0 saturated heterocycles. The Morgan fingerprint density at radius 3 is 2.19 bits per heavy atom. The molecule has 0 unspecified atom stereocenters. The highest BCUT2D eigenvalue weighted by Crippen LogP contribution is 2.31. The van der Waals surface area contributed by atoms with Crippen LogP contribution in [0.2, 0.25) is 5.02 Å². The van der Waals surface area contributed by atoms with E-state index in [1.165, 1.54) is 0 Å². The van der Waals surface area contributed by atoms with Crippen LogP contribution in [0.3, 0.4) is 0 Å². The minimum Gasteiger partial charge on any atom is -0.481 e. The minimum atomic E-state index is -0.982. The molecule has 0 aliphatic rings. The summed E-state index contributed by atoms with van der Waals surface area (Å²) in [6.45, 7) is 5.46. The Labute approximate surface area is 130 Å². The molecule has 0 aliphatic carbocycles. The topological polar surface area (TPSA) is 66.4 Å². The van der Waals surface area contributed by atoms with Gasteiger partial charge in [0.05, 0.1) is 11.5 Å². The van der Waals surface area contributed by atoms with Crippen molar-refractivity contribution < 1.29 is 14.7 Å². The van der Waals surface area contributed by atoms with E-state index in [0.717, 1.165) is 5.56 Å². The molecule has 5 heteroatoms. The fourth-order valence-electron chi connectivity index (χ4n) is 2.31. The normalized spacial score (nSPS) is 12.8. The lowest BCUT2D eigenvalue weighted by molar-refractivity contribution is -0.152. The van der Waals surface area contributed by atoms with Gasteiger partial charge in [-0.1, -0.05) is 37.6 Å². The van der Waals surface area contributed by atoms with Crippen molar-refractivity contribution in [3.05, 3.63) is 34.9 Å². The minimum absolute atomic E-state index is 0.00668. The molecule has 0 heterocycles. The molecule has 0 aromatic heterocycles. The number of carboxylic acids is 1. The van der Waals surface area contributed by atoms with Crippen LogP contribution >= 0.6 is 11.6 Å². The number of carbonyl (C=O) groups excluding carboxylic acids is 1. The van der Waals surface area contributed by atoms with E-state index in [1.807, 2.05) is 19.1 Å². The van der Waals surface area contributed by atoms with E-state index in [-0.39, 0.29) is 18.4 Å². The lowest BCUT2D eigenvalue weighted by Gasteiger charge is -2.26. The van der Waals surface area contributed by atoms with Crippen molar-refractivity contribution >= 4 is 23.5 Å². The summed E-state index contributed by atoms with van der Waals surface area (Å²) in [5.74, 6) is -1.16. The molecule has 0 radical (unpaired) electrons. The van der Waals surface area contributed by atoms with E-state index in [4.69, 9.17) is 11.6 Å². The van der Waals surface area contributed by atoms with E-state index in [1.54, 1.807) is 26.0 Å². The summed E-state index contributed by atoms with van der Waals surface area (Å²) >= 11 is 5.83. The quantitative estimate of drug-likeness (QED) is 0.805. The van der Waals surface area contributed by atoms with E-state index in [0.29, 0.717) is 17.9 Å². The van der Waals surface area contributed by atoms with Crippen molar-refractivity contribution in [3.63, 3.8) is 0 Å². The molecule has 0 aliphatic heterocycles. The molecule has 0 spiro atoms. The predicted molar refractivity (Wildman–Crippen MR) is 83.3 cm³/mol. The van der Waals surface area contributed by atoms with Gasteiger partial charge in [-0.15, -0.1) is 0 Å². The average Bonchev–Trinajstić information content (AvgIpc) is 2.45. The van der Waals surface area contributed by atoms with Gasteiger partial charge in [0.2, 0.25) is 5.91 Å². The van der Waals surface area contributed by atoms with Crippen molar-refractivity contribution in [2.24, 2.45) is 5.41 Å². The summed E-state index contributed by atoms with van der Waals surface area (Å²) in [6.07, 6.45) is 0.858. The van der Waals surface area contributed by atoms with Gasteiger partial charge < -0.3 is 10.4 Å². The Morgan fingerprint density at radius 1 is 1.24 bits per heavy atom. The van der Waals surface area contributed by atoms with Crippen LogP contribution in [0, 0.1) is 5.41 Å². The third-order valence-corrected chi connectivity index (χ3v) is 4.31. The number of amides is 1. The monoisotopic (exact) mass is 311 g/mol. The van der Waals surface area contributed by atoms with Crippen molar-refractivity contribution in [3.8, 4) is 0 Å². The van der Waals surface area contributed by atoms with Gasteiger partial charge in [0.1, 0.15) is 0 Å². The SMILES string of the molecule is CCC(CC)(CC(=O)N[C@@H](C)c1ccc(Cl)cc1)C(=O)O.